The number of nitrogens with zero attached hydrogens (tertiary/aromatic N) is 1. The number of rotatable bonds is 5. The maximum absolute atomic E-state index is 5.80. The van der Waals surface area contributed by atoms with E-state index in [1.807, 2.05) is 12.1 Å². The van der Waals surface area contributed by atoms with Gasteiger partial charge in [0.25, 0.3) is 0 Å². The Hall–Kier alpha value is -0.560. The van der Waals surface area contributed by atoms with E-state index >= 15 is 0 Å². The van der Waals surface area contributed by atoms with Gasteiger partial charge in [0.05, 0.1) is 5.02 Å². The van der Waals surface area contributed by atoms with E-state index in [4.69, 9.17) is 11.6 Å². The summed E-state index contributed by atoms with van der Waals surface area (Å²) in [5.74, 6) is 0.604. The smallest absolute Gasteiger partial charge is 0.0589 e. The average Bonchev–Trinajstić information content (AvgIpc) is 2.21. The van der Waals surface area contributed by atoms with Gasteiger partial charge in [-0.25, -0.2) is 0 Å². The monoisotopic (exact) mass is 211 g/mol. The van der Waals surface area contributed by atoms with E-state index in [1.165, 1.54) is 25.0 Å². The van der Waals surface area contributed by atoms with Crippen molar-refractivity contribution in [1.29, 1.82) is 0 Å². The summed E-state index contributed by atoms with van der Waals surface area (Å²) in [7, 11) is 0. The molecule has 1 nitrogen and oxygen atoms in total. The van der Waals surface area contributed by atoms with Crippen molar-refractivity contribution in [3.05, 3.63) is 29.0 Å². The zero-order valence-corrected chi connectivity index (χ0v) is 9.72. The van der Waals surface area contributed by atoms with Gasteiger partial charge < -0.3 is 0 Å². The fourth-order valence-electron chi connectivity index (χ4n) is 1.64. The molecule has 0 bridgehead atoms. The van der Waals surface area contributed by atoms with Crippen molar-refractivity contribution in [2.45, 2.75) is 45.4 Å². The quantitative estimate of drug-likeness (QED) is 0.703. The molecule has 78 valence electrons. The van der Waals surface area contributed by atoms with Crippen LogP contribution in [0.1, 0.15) is 51.1 Å². The first-order valence-corrected chi connectivity index (χ1v) is 5.77. The van der Waals surface area contributed by atoms with Crippen LogP contribution in [-0.4, -0.2) is 4.98 Å². The highest BCUT2D eigenvalue weighted by Crippen LogP contribution is 2.24. The van der Waals surface area contributed by atoms with Crippen LogP contribution < -0.4 is 0 Å². The molecule has 0 aromatic carbocycles. The third-order valence-electron chi connectivity index (χ3n) is 2.57. The molecule has 1 aromatic rings. The second kappa shape index (κ2) is 6.02. The van der Waals surface area contributed by atoms with Gasteiger partial charge in [-0.05, 0) is 25.0 Å². The molecule has 1 rings (SSSR count). The third-order valence-corrected chi connectivity index (χ3v) is 2.79. The van der Waals surface area contributed by atoms with Crippen LogP contribution in [0.25, 0.3) is 0 Å². The van der Waals surface area contributed by atoms with Gasteiger partial charge in [0, 0.05) is 17.8 Å². The van der Waals surface area contributed by atoms with E-state index in [-0.39, 0.29) is 0 Å². The molecule has 14 heavy (non-hydrogen) atoms. The number of hydrogen-bond donors (Lipinski definition) is 0. The summed E-state index contributed by atoms with van der Waals surface area (Å²) >= 11 is 5.80. The molecule has 0 radical (unpaired) electrons. The molecule has 0 saturated carbocycles. The summed E-state index contributed by atoms with van der Waals surface area (Å²) in [4.78, 5) is 4.37. The van der Waals surface area contributed by atoms with Gasteiger partial charge in [-0.1, -0.05) is 38.3 Å². The number of hydrogen-bond acceptors (Lipinski definition) is 1. The van der Waals surface area contributed by atoms with Gasteiger partial charge in [-0.2, -0.15) is 0 Å². The Labute approximate surface area is 91.5 Å². The molecule has 1 aromatic heterocycles. The third kappa shape index (κ3) is 3.30. The van der Waals surface area contributed by atoms with Crippen LogP contribution in [0.3, 0.4) is 0 Å². The van der Waals surface area contributed by atoms with Crippen molar-refractivity contribution in [3.8, 4) is 0 Å². The van der Waals surface area contributed by atoms with E-state index in [0.717, 1.165) is 11.4 Å². The standard InChI is InChI=1S/C12H18ClN/c1-3-5-6-10(4-2)12-8-7-11(13)9-14-12/h7-10H,3-6H2,1-2H3. The van der Waals surface area contributed by atoms with Crippen molar-refractivity contribution in [3.63, 3.8) is 0 Å². The summed E-state index contributed by atoms with van der Waals surface area (Å²) in [5.41, 5.74) is 1.19. The van der Waals surface area contributed by atoms with E-state index in [2.05, 4.69) is 18.8 Å². The molecule has 0 fully saturated rings. The molecule has 0 aliphatic heterocycles. The van der Waals surface area contributed by atoms with Crippen LogP contribution in [0.15, 0.2) is 18.3 Å². The summed E-state index contributed by atoms with van der Waals surface area (Å²) in [5, 5.41) is 0.721. The van der Waals surface area contributed by atoms with E-state index in [1.54, 1.807) is 6.20 Å². The van der Waals surface area contributed by atoms with Gasteiger partial charge in [0.15, 0.2) is 0 Å². The van der Waals surface area contributed by atoms with Gasteiger partial charge in [-0.3, -0.25) is 4.98 Å². The van der Waals surface area contributed by atoms with E-state index in [9.17, 15) is 0 Å². The van der Waals surface area contributed by atoms with Crippen molar-refractivity contribution in [1.82, 2.24) is 4.98 Å². The minimum atomic E-state index is 0.604. The number of pyridine rings is 1. The lowest BCUT2D eigenvalue weighted by molar-refractivity contribution is 0.557. The Morgan fingerprint density at radius 3 is 2.64 bits per heavy atom. The molecular weight excluding hydrogens is 194 g/mol. The lowest BCUT2D eigenvalue weighted by Crippen LogP contribution is -1.99. The predicted molar refractivity (Wildman–Crippen MR) is 61.8 cm³/mol. The average molecular weight is 212 g/mol. The van der Waals surface area contributed by atoms with Crippen LogP contribution >= 0.6 is 11.6 Å². The van der Waals surface area contributed by atoms with Crippen LogP contribution in [0, 0.1) is 0 Å². The molecular formula is C12H18ClN. The topological polar surface area (TPSA) is 12.9 Å². The van der Waals surface area contributed by atoms with Gasteiger partial charge in [0.1, 0.15) is 0 Å². The first-order valence-electron chi connectivity index (χ1n) is 5.39. The minimum Gasteiger partial charge on any atom is -0.259 e. The fraction of sp³-hybridized carbons (Fsp3) is 0.583. The molecule has 2 heteroatoms. The Kier molecular flexibility index (Phi) is 4.95. The van der Waals surface area contributed by atoms with Crippen molar-refractivity contribution >= 4 is 11.6 Å². The maximum Gasteiger partial charge on any atom is 0.0589 e. The number of aromatic nitrogens is 1. The van der Waals surface area contributed by atoms with Gasteiger partial charge in [-0.15, -0.1) is 0 Å². The lowest BCUT2D eigenvalue weighted by atomic mass is 9.95. The SMILES string of the molecule is CCCCC(CC)c1ccc(Cl)cn1. The molecule has 1 heterocycles. The molecule has 0 amide bonds. The first kappa shape index (κ1) is 11.5. The van der Waals surface area contributed by atoms with Gasteiger partial charge in [0.2, 0.25) is 0 Å². The summed E-state index contributed by atoms with van der Waals surface area (Å²) < 4.78 is 0. The largest absolute Gasteiger partial charge is 0.259 e. The Bertz CT molecular complexity index is 256. The van der Waals surface area contributed by atoms with Crippen LogP contribution in [-0.2, 0) is 0 Å². The Morgan fingerprint density at radius 1 is 1.36 bits per heavy atom. The number of halogens is 1. The molecule has 0 aliphatic rings. The van der Waals surface area contributed by atoms with Crippen LogP contribution in [0.4, 0.5) is 0 Å². The van der Waals surface area contributed by atoms with E-state index < -0.39 is 0 Å². The van der Waals surface area contributed by atoms with Crippen LogP contribution in [0.5, 0.6) is 0 Å². The fourth-order valence-corrected chi connectivity index (χ4v) is 1.75. The molecule has 0 aliphatic carbocycles. The van der Waals surface area contributed by atoms with Gasteiger partial charge >= 0.3 is 0 Å². The highest BCUT2D eigenvalue weighted by atomic mass is 35.5. The summed E-state index contributed by atoms with van der Waals surface area (Å²) in [6, 6.07) is 3.98. The Balaban J connectivity index is 2.64. The molecule has 0 spiro atoms. The molecule has 0 saturated heterocycles. The maximum atomic E-state index is 5.80. The number of unbranched alkanes of at least 4 members (excludes halogenated alkanes) is 1. The highest BCUT2D eigenvalue weighted by Gasteiger charge is 2.09. The second-order valence-corrected chi connectivity index (χ2v) is 4.09. The first-order chi connectivity index (χ1) is 6.77. The van der Waals surface area contributed by atoms with Crippen molar-refractivity contribution in [2.75, 3.05) is 0 Å². The zero-order chi connectivity index (χ0) is 10.4. The minimum absolute atomic E-state index is 0.604. The second-order valence-electron chi connectivity index (χ2n) is 3.65. The van der Waals surface area contributed by atoms with Crippen LogP contribution in [0.2, 0.25) is 5.02 Å². The Morgan fingerprint density at radius 2 is 2.14 bits per heavy atom. The van der Waals surface area contributed by atoms with Crippen molar-refractivity contribution in [2.24, 2.45) is 0 Å². The predicted octanol–water partition coefficient (Wildman–Crippen LogP) is 4.42. The zero-order valence-electron chi connectivity index (χ0n) is 8.96. The van der Waals surface area contributed by atoms with E-state index in [0.29, 0.717) is 5.92 Å². The van der Waals surface area contributed by atoms with Crippen molar-refractivity contribution < 1.29 is 0 Å². The lowest BCUT2D eigenvalue weighted by Gasteiger charge is -2.13. The summed E-state index contributed by atoms with van der Waals surface area (Å²) in [6.07, 6.45) is 6.68. The molecule has 1 atom stereocenters. The summed E-state index contributed by atoms with van der Waals surface area (Å²) in [6.45, 7) is 4.44. The molecule has 0 N–H and O–H groups in total. The normalized spacial score (nSPS) is 12.8. The highest BCUT2D eigenvalue weighted by molar-refractivity contribution is 6.30. The molecule has 1 unspecified atom stereocenters.